The molecule has 2 unspecified atom stereocenters. The van der Waals surface area contributed by atoms with Gasteiger partial charge < -0.3 is 24.1 Å². The van der Waals surface area contributed by atoms with Crippen molar-refractivity contribution in [1.82, 2.24) is 5.01 Å². The second-order valence-corrected chi connectivity index (χ2v) is 8.88. The maximum atomic E-state index is 12.5. The number of fused-ring (bicyclic) bond motifs is 3. The second-order valence-electron chi connectivity index (χ2n) is 8.88. The van der Waals surface area contributed by atoms with Gasteiger partial charge >= 0.3 is 5.97 Å². The van der Waals surface area contributed by atoms with Crippen LogP contribution >= 0.6 is 0 Å². The van der Waals surface area contributed by atoms with Crippen LogP contribution in [0, 0.1) is 13.8 Å². The number of rotatable bonds is 6. The number of para-hydroxylation sites is 1. The van der Waals surface area contributed by atoms with Crippen molar-refractivity contribution in [3.63, 3.8) is 0 Å². The summed E-state index contributed by atoms with van der Waals surface area (Å²) in [5.41, 5.74) is 5.57. The van der Waals surface area contributed by atoms with E-state index >= 15 is 0 Å². The molecule has 0 radical (unpaired) electrons. The zero-order valence-corrected chi connectivity index (χ0v) is 20.9. The molecule has 0 saturated heterocycles. The highest BCUT2D eigenvalue weighted by Gasteiger charge is 2.44. The molecule has 8 nitrogen and oxygen atoms in total. The molecular formula is C28H28N2O6. The van der Waals surface area contributed by atoms with Crippen LogP contribution in [0.5, 0.6) is 23.0 Å². The van der Waals surface area contributed by atoms with Gasteiger partial charge in [0, 0.05) is 23.1 Å². The first kappa shape index (κ1) is 23.5. The predicted octanol–water partition coefficient (Wildman–Crippen LogP) is 5.27. The number of hydrogen-bond acceptors (Lipinski definition) is 7. The summed E-state index contributed by atoms with van der Waals surface area (Å²) in [6.45, 7) is 4.12. The molecule has 1 N–H and O–H groups in total. The van der Waals surface area contributed by atoms with Crippen molar-refractivity contribution in [3.05, 3.63) is 81.9 Å². The number of hydrazone groups is 1. The van der Waals surface area contributed by atoms with E-state index in [-0.39, 0.29) is 17.4 Å². The van der Waals surface area contributed by atoms with E-state index in [1.165, 1.54) is 14.2 Å². The number of nitrogens with zero attached hydrogens (tertiary/aromatic N) is 2. The van der Waals surface area contributed by atoms with Crippen molar-refractivity contribution < 1.29 is 28.8 Å². The van der Waals surface area contributed by atoms with Gasteiger partial charge in [0.2, 0.25) is 6.23 Å². The summed E-state index contributed by atoms with van der Waals surface area (Å²) in [5.74, 6) is 0.463. The molecule has 0 bridgehead atoms. The Morgan fingerprint density at radius 2 is 1.78 bits per heavy atom. The number of aryl methyl sites for hydroxylation is 2. The third-order valence-corrected chi connectivity index (χ3v) is 6.76. The van der Waals surface area contributed by atoms with Gasteiger partial charge in [-0.05, 0) is 43.7 Å². The summed E-state index contributed by atoms with van der Waals surface area (Å²) in [5, 5.41) is 17.1. The number of hydrogen-bond donors (Lipinski definition) is 1. The molecule has 0 aromatic heterocycles. The molecule has 2 aliphatic rings. The first-order valence-electron chi connectivity index (χ1n) is 11.6. The highest BCUT2D eigenvalue weighted by molar-refractivity contribution is 6.03. The molecule has 2 atom stereocenters. The SMILES string of the molecule is COc1cccc2c1OC(c1ccc(OC)c(OC)c1C(=O)O)N1N=C(c3cc(C)ccc3C)CC21. The van der Waals surface area contributed by atoms with Crippen molar-refractivity contribution in [3.8, 4) is 23.0 Å². The average Bonchev–Trinajstić information content (AvgIpc) is 3.33. The smallest absolute Gasteiger partial charge is 0.340 e. The van der Waals surface area contributed by atoms with Gasteiger partial charge in [0.15, 0.2) is 23.0 Å². The molecule has 8 heteroatoms. The van der Waals surface area contributed by atoms with Gasteiger partial charge in [-0.15, -0.1) is 0 Å². The third-order valence-electron chi connectivity index (χ3n) is 6.76. The molecule has 36 heavy (non-hydrogen) atoms. The maximum Gasteiger partial charge on any atom is 0.340 e. The summed E-state index contributed by atoms with van der Waals surface area (Å²) >= 11 is 0. The zero-order chi connectivity index (χ0) is 25.6. The van der Waals surface area contributed by atoms with Gasteiger partial charge in [-0.3, -0.25) is 0 Å². The molecular weight excluding hydrogens is 460 g/mol. The number of benzene rings is 3. The highest BCUT2D eigenvalue weighted by Crippen LogP contribution is 2.52. The first-order chi connectivity index (χ1) is 17.4. The van der Waals surface area contributed by atoms with E-state index in [1.807, 2.05) is 23.2 Å². The summed E-state index contributed by atoms with van der Waals surface area (Å²) < 4.78 is 22.9. The van der Waals surface area contributed by atoms with Crippen LogP contribution in [0.4, 0.5) is 0 Å². The number of carboxylic acid groups (broad SMARTS) is 1. The van der Waals surface area contributed by atoms with Crippen LogP contribution < -0.4 is 18.9 Å². The largest absolute Gasteiger partial charge is 0.493 e. The number of methoxy groups -OCH3 is 3. The molecule has 0 fully saturated rings. The molecule has 5 rings (SSSR count). The lowest BCUT2D eigenvalue weighted by molar-refractivity contribution is -0.0217. The minimum atomic E-state index is -1.15. The minimum Gasteiger partial charge on any atom is -0.493 e. The third kappa shape index (κ3) is 3.69. The molecule has 0 aliphatic carbocycles. The fourth-order valence-electron chi connectivity index (χ4n) is 5.03. The second kappa shape index (κ2) is 9.11. The lowest BCUT2D eigenvalue weighted by Gasteiger charge is -2.39. The Balaban J connectivity index is 1.72. The minimum absolute atomic E-state index is 0.0330. The summed E-state index contributed by atoms with van der Waals surface area (Å²) in [4.78, 5) is 12.5. The zero-order valence-electron chi connectivity index (χ0n) is 20.9. The lowest BCUT2D eigenvalue weighted by Crippen LogP contribution is -2.35. The monoisotopic (exact) mass is 488 g/mol. The number of carbonyl (C=O) groups is 1. The van der Waals surface area contributed by atoms with Crippen LogP contribution in [-0.4, -0.2) is 43.1 Å². The average molecular weight is 489 g/mol. The van der Waals surface area contributed by atoms with Crippen molar-refractivity contribution in [1.29, 1.82) is 0 Å². The van der Waals surface area contributed by atoms with Crippen molar-refractivity contribution in [2.45, 2.75) is 32.5 Å². The van der Waals surface area contributed by atoms with E-state index in [4.69, 9.17) is 24.0 Å². The van der Waals surface area contributed by atoms with Gasteiger partial charge in [0.05, 0.1) is 33.1 Å². The van der Waals surface area contributed by atoms with Crippen molar-refractivity contribution in [2.24, 2.45) is 5.10 Å². The van der Waals surface area contributed by atoms with Gasteiger partial charge in [0.1, 0.15) is 5.56 Å². The quantitative estimate of drug-likeness (QED) is 0.506. The van der Waals surface area contributed by atoms with Gasteiger partial charge in [-0.1, -0.05) is 29.8 Å². The maximum absolute atomic E-state index is 12.5. The predicted molar refractivity (Wildman–Crippen MR) is 135 cm³/mol. The van der Waals surface area contributed by atoms with Crippen LogP contribution in [-0.2, 0) is 0 Å². The molecule has 0 spiro atoms. The molecule has 2 heterocycles. The first-order valence-corrected chi connectivity index (χ1v) is 11.6. The molecule has 186 valence electrons. The fourth-order valence-corrected chi connectivity index (χ4v) is 5.03. The molecule has 3 aromatic rings. The van der Waals surface area contributed by atoms with Crippen molar-refractivity contribution >= 4 is 11.7 Å². The Kier molecular flexibility index (Phi) is 5.96. The lowest BCUT2D eigenvalue weighted by atomic mass is 9.93. The van der Waals surface area contributed by atoms with Crippen LogP contribution in [0.2, 0.25) is 0 Å². The highest BCUT2D eigenvalue weighted by atomic mass is 16.5. The Morgan fingerprint density at radius 1 is 1.00 bits per heavy atom. The Morgan fingerprint density at radius 3 is 2.47 bits per heavy atom. The van der Waals surface area contributed by atoms with E-state index in [9.17, 15) is 9.90 Å². The van der Waals surface area contributed by atoms with Crippen LogP contribution in [0.25, 0.3) is 0 Å². The Hall–Kier alpha value is -4.20. The molecule has 0 amide bonds. The van der Waals surface area contributed by atoms with Crippen molar-refractivity contribution in [2.75, 3.05) is 21.3 Å². The van der Waals surface area contributed by atoms with E-state index < -0.39 is 12.2 Å². The molecule has 0 saturated carbocycles. The number of carboxylic acids is 1. The number of ether oxygens (including phenoxy) is 4. The molecule has 2 aliphatic heterocycles. The van der Waals surface area contributed by atoms with E-state index in [1.54, 1.807) is 19.2 Å². The van der Waals surface area contributed by atoms with Gasteiger partial charge in [-0.2, -0.15) is 5.10 Å². The van der Waals surface area contributed by atoms with Crippen LogP contribution in [0.15, 0.2) is 53.6 Å². The number of aromatic carboxylic acids is 1. The Labute approximate surface area is 209 Å². The van der Waals surface area contributed by atoms with Gasteiger partial charge in [-0.25, -0.2) is 9.80 Å². The molecule has 3 aromatic carbocycles. The van der Waals surface area contributed by atoms with E-state index in [0.29, 0.717) is 29.2 Å². The van der Waals surface area contributed by atoms with Gasteiger partial charge in [0.25, 0.3) is 0 Å². The summed E-state index contributed by atoms with van der Waals surface area (Å²) in [7, 11) is 4.48. The summed E-state index contributed by atoms with van der Waals surface area (Å²) in [6.07, 6.45) is -0.188. The normalized spacial score (nSPS) is 18.0. The van der Waals surface area contributed by atoms with E-state index in [2.05, 4.69) is 32.0 Å². The topological polar surface area (TPSA) is 89.8 Å². The Bertz CT molecular complexity index is 1380. The summed E-state index contributed by atoms with van der Waals surface area (Å²) in [6, 6.07) is 15.3. The fraction of sp³-hybridized carbons (Fsp3) is 0.286. The van der Waals surface area contributed by atoms with Crippen LogP contribution in [0.1, 0.15) is 56.9 Å². The van der Waals surface area contributed by atoms with E-state index in [0.717, 1.165) is 28.0 Å². The van der Waals surface area contributed by atoms with Crippen LogP contribution in [0.3, 0.4) is 0 Å². The standard InChI is InChI=1S/C28H28N2O6/c1-15-9-10-16(2)19(13-15)20-14-21-17-7-6-8-22(33-3)25(17)36-27(30(21)29-20)18-11-12-23(34-4)26(35-5)24(18)28(31)32/h6-13,21,27H,14H2,1-5H3,(H,31,32).